The zero-order valence-electron chi connectivity index (χ0n) is 34.2. The molecule has 1 amide bonds. The van der Waals surface area contributed by atoms with Gasteiger partial charge in [-0.15, -0.1) is 23.5 Å². The first kappa shape index (κ1) is 43.3. The van der Waals surface area contributed by atoms with Crippen molar-refractivity contribution in [2.75, 3.05) is 54.2 Å². The topological polar surface area (TPSA) is 146 Å². The van der Waals surface area contributed by atoms with Crippen LogP contribution in [0.25, 0.3) is 22.3 Å². The number of carbonyl (C=O) groups is 1. The molecular weight excluding hydrogens is 765 g/mol. The van der Waals surface area contributed by atoms with E-state index < -0.39 is 0 Å². The molecule has 304 valence electrons. The quantitative estimate of drug-likeness (QED) is 0.150. The molecule has 0 saturated carbocycles. The molecule has 13 heteroatoms. The fraction of sp³-hybridized carbons (Fsp3) is 0.386. The van der Waals surface area contributed by atoms with Crippen molar-refractivity contribution < 1.29 is 38.9 Å². The first-order valence-electron chi connectivity index (χ1n) is 18.9. The highest BCUT2D eigenvalue weighted by molar-refractivity contribution is 7.98. The summed E-state index contributed by atoms with van der Waals surface area (Å²) in [6, 6.07) is 14.8. The molecule has 4 aromatic carbocycles. The Hall–Kier alpha value is -4.85. The minimum Gasteiger partial charge on any atom is -0.492 e. The Kier molecular flexibility index (Phi) is 14.8. The van der Waals surface area contributed by atoms with Crippen molar-refractivity contribution in [3.63, 3.8) is 0 Å². The van der Waals surface area contributed by atoms with Crippen LogP contribution in [0.4, 0.5) is 0 Å². The van der Waals surface area contributed by atoms with Crippen molar-refractivity contribution >= 4 is 29.4 Å². The average Bonchev–Trinajstić information content (AvgIpc) is 3.59. The molecule has 57 heavy (non-hydrogen) atoms. The molecule has 0 spiro atoms. The molecule has 2 aliphatic carbocycles. The van der Waals surface area contributed by atoms with E-state index in [4.69, 9.17) is 28.4 Å². The molecule has 4 aromatic rings. The van der Waals surface area contributed by atoms with E-state index in [1.807, 2.05) is 62.8 Å². The van der Waals surface area contributed by atoms with Gasteiger partial charge in [-0.3, -0.25) is 14.4 Å². The Morgan fingerprint density at radius 2 is 1.12 bits per heavy atom. The molecule has 0 radical (unpaired) electrons. The third kappa shape index (κ3) is 9.00. The lowest BCUT2D eigenvalue weighted by molar-refractivity contribution is -0.427. The van der Waals surface area contributed by atoms with Gasteiger partial charge in [0, 0.05) is 30.0 Å². The van der Waals surface area contributed by atoms with Crippen LogP contribution in [0.3, 0.4) is 0 Å². The van der Waals surface area contributed by atoms with Gasteiger partial charge in [0.1, 0.15) is 6.04 Å². The van der Waals surface area contributed by atoms with Crippen LogP contribution in [0.15, 0.2) is 67.9 Å². The number of hydrogen-bond donors (Lipinski definition) is 2. The first-order valence-corrected chi connectivity index (χ1v) is 21.3. The maximum absolute atomic E-state index is 12.8. The van der Waals surface area contributed by atoms with E-state index in [-0.39, 0.29) is 28.8 Å². The Morgan fingerprint density at radius 3 is 1.54 bits per heavy atom. The number of methoxy groups -OCH3 is 4. The van der Waals surface area contributed by atoms with E-state index in [9.17, 15) is 14.4 Å². The van der Waals surface area contributed by atoms with Gasteiger partial charge < -0.3 is 39.5 Å². The molecule has 4 N–H and O–H groups in total. The van der Waals surface area contributed by atoms with Gasteiger partial charge >= 0.3 is 0 Å². The fourth-order valence-electron chi connectivity index (χ4n) is 7.63. The number of hydrogen-bond acceptors (Lipinski definition) is 11. The first-order chi connectivity index (χ1) is 27.5. The summed E-state index contributed by atoms with van der Waals surface area (Å²) in [6.07, 6.45) is 6.79. The Balaban J connectivity index is 0.000000219. The van der Waals surface area contributed by atoms with E-state index in [0.717, 1.165) is 57.3 Å². The van der Waals surface area contributed by atoms with Crippen LogP contribution in [0.5, 0.6) is 34.5 Å². The van der Waals surface area contributed by atoms with Gasteiger partial charge in [0.05, 0.1) is 57.5 Å². The van der Waals surface area contributed by atoms with Crippen molar-refractivity contribution in [2.45, 2.75) is 68.3 Å². The minimum absolute atomic E-state index is 0.0217. The highest BCUT2D eigenvalue weighted by Gasteiger charge is 2.31. The van der Waals surface area contributed by atoms with Crippen molar-refractivity contribution in [3.8, 4) is 56.8 Å². The van der Waals surface area contributed by atoms with E-state index in [1.165, 1.54) is 30.4 Å². The van der Waals surface area contributed by atoms with Crippen LogP contribution in [0.1, 0.15) is 68.0 Å². The predicted molar refractivity (Wildman–Crippen MR) is 227 cm³/mol. The molecule has 2 atom stereocenters. The van der Waals surface area contributed by atoms with Crippen molar-refractivity contribution in [2.24, 2.45) is 0 Å². The zero-order valence-corrected chi connectivity index (χ0v) is 35.8. The summed E-state index contributed by atoms with van der Waals surface area (Å²) >= 11 is 2.85. The maximum Gasteiger partial charge on any atom is 0.217 e. The van der Waals surface area contributed by atoms with E-state index >= 15 is 0 Å². The summed E-state index contributed by atoms with van der Waals surface area (Å²) in [4.78, 5) is 38.6. The molecule has 0 bridgehead atoms. The van der Waals surface area contributed by atoms with E-state index in [1.54, 1.807) is 40.6 Å². The lowest BCUT2D eigenvalue weighted by Crippen LogP contribution is -2.53. The molecule has 11 nitrogen and oxygen atoms in total. The number of aryl methyl sites for hydroxylation is 2. The molecule has 0 fully saturated rings. The molecule has 0 heterocycles. The molecular formula is C44H53N2O9S2+. The summed E-state index contributed by atoms with van der Waals surface area (Å²) < 4.78 is 34.4. The van der Waals surface area contributed by atoms with Crippen LogP contribution in [-0.2, 0) is 17.6 Å². The second-order valence-electron chi connectivity index (χ2n) is 13.4. The molecule has 6 rings (SSSR count). The van der Waals surface area contributed by atoms with Gasteiger partial charge in [-0.05, 0) is 110 Å². The number of rotatable bonds is 11. The second-order valence-corrected chi connectivity index (χ2v) is 15.1. The number of benzene rings is 2. The van der Waals surface area contributed by atoms with Gasteiger partial charge in [0.25, 0.3) is 0 Å². The number of thioether (sulfide) groups is 2. The third-order valence-corrected chi connectivity index (χ3v) is 11.7. The van der Waals surface area contributed by atoms with Gasteiger partial charge in [-0.2, -0.15) is 0 Å². The van der Waals surface area contributed by atoms with Crippen LogP contribution < -0.4 is 50.3 Å². The normalized spacial score (nSPS) is 15.1. The predicted octanol–water partition coefficient (Wildman–Crippen LogP) is 7.06. The number of fused-ring (bicyclic) bond motifs is 6. The zero-order chi connectivity index (χ0) is 41.4. The second kappa shape index (κ2) is 19.5. The Bertz CT molecular complexity index is 2250. The highest BCUT2D eigenvalue weighted by atomic mass is 32.2. The van der Waals surface area contributed by atoms with E-state index in [2.05, 4.69) is 11.1 Å². The Labute approximate surface area is 342 Å². The minimum atomic E-state index is -0.286. The van der Waals surface area contributed by atoms with Crippen LogP contribution in [-0.4, -0.2) is 60.1 Å². The van der Waals surface area contributed by atoms with Crippen LogP contribution in [0.2, 0.25) is 0 Å². The summed E-state index contributed by atoms with van der Waals surface area (Å²) in [5, 5.41) is 3.01. The fourth-order valence-corrected chi connectivity index (χ4v) is 8.56. The van der Waals surface area contributed by atoms with Gasteiger partial charge in [-0.1, -0.05) is 12.1 Å². The smallest absolute Gasteiger partial charge is 0.217 e. The Morgan fingerprint density at radius 1 is 0.684 bits per heavy atom. The molecule has 0 aliphatic heterocycles. The van der Waals surface area contributed by atoms with Crippen LogP contribution >= 0.6 is 23.5 Å². The highest BCUT2D eigenvalue weighted by Crippen LogP contribution is 2.51. The summed E-state index contributed by atoms with van der Waals surface area (Å²) in [5.41, 5.74) is 11.8. The van der Waals surface area contributed by atoms with Gasteiger partial charge in [0.15, 0.2) is 33.9 Å². The summed E-state index contributed by atoms with van der Waals surface area (Å²) in [7, 11) is 6.42. The number of nitrogens with one attached hydrogen (secondary N) is 1. The van der Waals surface area contributed by atoms with Crippen molar-refractivity contribution in [1.29, 1.82) is 0 Å². The number of amides is 1. The van der Waals surface area contributed by atoms with E-state index in [0.29, 0.717) is 70.3 Å². The van der Waals surface area contributed by atoms with Crippen molar-refractivity contribution in [3.05, 3.63) is 91.2 Å². The lowest BCUT2D eigenvalue weighted by Gasteiger charge is -2.20. The summed E-state index contributed by atoms with van der Waals surface area (Å²) in [5.74, 6) is 3.44. The largest absolute Gasteiger partial charge is 0.492 e. The number of carbonyl (C=O) groups excluding carboxylic acids is 1. The maximum atomic E-state index is 12.8. The molecule has 0 aromatic heterocycles. The SMILES string of the molecule is CCOc1cc2c(c(OC)c1OC)-c1ccc(SC)c(=O)cc1[C@@H](NC(C)=O)CC2.CCOc1cc2c(c(OC)c1OC)-c1ccc(SC)c(=O)cc1[C@@H]([NH3+])CC2. The monoisotopic (exact) mass is 817 g/mol. The molecule has 2 aliphatic rings. The van der Waals surface area contributed by atoms with Crippen molar-refractivity contribution in [1.82, 2.24) is 5.32 Å². The standard InChI is InChI=1S/C23H27NO5S.C21H25NO4S/c1-6-29-19-11-14-7-9-17(24-13(2)25)16-12-18(26)20(30-5)10-8-15(16)21(14)23(28-4)22(19)27-3;1-5-26-17-10-12-6-8-15(22)14-11-16(23)18(27-4)9-7-13(14)19(12)21(25-3)20(17)24-2/h8,10-12,17H,6-7,9H2,1-5H3,(H,24,25);7,9-11,15H,5-6,8,22H2,1-4H3/p+1/t17-;15-/m00/s1. The molecule has 0 saturated heterocycles. The van der Waals surface area contributed by atoms with Gasteiger partial charge in [0.2, 0.25) is 17.4 Å². The molecule has 0 unspecified atom stereocenters. The average molecular weight is 818 g/mol. The third-order valence-electron chi connectivity index (χ3n) is 10.1. The van der Waals surface area contributed by atoms with Crippen LogP contribution in [0, 0.1) is 0 Å². The number of quaternary nitrogens is 1. The number of ether oxygens (including phenoxy) is 6. The van der Waals surface area contributed by atoms with Gasteiger partial charge in [-0.25, -0.2) is 0 Å². The lowest BCUT2D eigenvalue weighted by atomic mass is 9.95. The summed E-state index contributed by atoms with van der Waals surface area (Å²) in [6.45, 7) is 6.38.